The fourth-order valence-corrected chi connectivity index (χ4v) is 3.30. The molecular weight excluding hydrogens is 313 g/mol. The highest BCUT2D eigenvalue weighted by molar-refractivity contribution is 7.10. The zero-order chi connectivity index (χ0) is 14.5. The van der Waals surface area contributed by atoms with Crippen molar-refractivity contribution in [2.45, 2.75) is 19.4 Å². The molecule has 0 saturated heterocycles. The second kappa shape index (κ2) is 7.32. The molecule has 0 spiro atoms. The van der Waals surface area contributed by atoms with E-state index in [2.05, 4.69) is 12.2 Å². The monoisotopic (exact) mass is 329 g/mol. The maximum atomic E-state index is 6.14. The lowest BCUT2D eigenvalue weighted by molar-refractivity contribution is 0.407. The van der Waals surface area contributed by atoms with Gasteiger partial charge in [0.25, 0.3) is 0 Å². The standard InChI is InChI=1S/C15H17Cl2NOS/c1-3-7-18-14(15-13(19-2)6-8-20-15)10-4-5-11(16)12(17)9-10/h4-6,8-9,14,18H,3,7H2,1-2H3. The van der Waals surface area contributed by atoms with Crippen LogP contribution < -0.4 is 10.1 Å². The summed E-state index contributed by atoms with van der Waals surface area (Å²) >= 11 is 13.8. The molecule has 2 aromatic rings. The van der Waals surface area contributed by atoms with Crippen LogP contribution in [-0.4, -0.2) is 13.7 Å². The lowest BCUT2D eigenvalue weighted by Gasteiger charge is -2.19. The Labute approximate surface area is 133 Å². The minimum atomic E-state index is 0.0691. The molecule has 0 aliphatic heterocycles. The van der Waals surface area contributed by atoms with Crippen LogP contribution in [0.4, 0.5) is 0 Å². The Bertz CT molecular complexity index is 571. The van der Waals surface area contributed by atoms with Crippen LogP contribution >= 0.6 is 34.5 Å². The van der Waals surface area contributed by atoms with Crippen molar-refractivity contribution in [3.63, 3.8) is 0 Å². The molecule has 0 aliphatic carbocycles. The third-order valence-corrected chi connectivity index (χ3v) is 4.72. The first-order valence-corrected chi connectivity index (χ1v) is 8.10. The largest absolute Gasteiger partial charge is 0.496 e. The number of hydrogen-bond acceptors (Lipinski definition) is 3. The topological polar surface area (TPSA) is 21.3 Å². The molecule has 1 aromatic carbocycles. The van der Waals surface area contributed by atoms with Crippen molar-refractivity contribution >= 4 is 34.5 Å². The van der Waals surface area contributed by atoms with Gasteiger partial charge in [-0.05, 0) is 42.1 Å². The van der Waals surface area contributed by atoms with Crippen LogP contribution in [0.5, 0.6) is 5.75 Å². The number of thiophene rings is 1. The van der Waals surface area contributed by atoms with Gasteiger partial charge in [-0.15, -0.1) is 11.3 Å². The number of halogens is 2. The van der Waals surface area contributed by atoms with E-state index in [0.29, 0.717) is 10.0 Å². The summed E-state index contributed by atoms with van der Waals surface area (Å²) in [5.74, 6) is 0.898. The molecule has 1 N–H and O–H groups in total. The minimum absolute atomic E-state index is 0.0691. The Hall–Kier alpha value is -0.740. The highest BCUT2D eigenvalue weighted by Gasteiger charge is 2.19. The summed E-state index contributed by atoms with van der Waals surface area (Å²) in [5, 5.41) is 6.72. The fourth-order valence-electron chi connectivity index (χ4n) is 2.03. The zero-order valence-electron chi connectivity index (χ0n) is 11.5. The molecule has 1 aromatic heterocycles. The molecule has 0 radical (unpaired) electrons. The summed E-state index contributed by atoms with van der Waals surface area (Å²) in [7, 11) is 1.69. The van der Waals surface area contributed by atoms with Crippen LogP contribution in [0.15, 0.2) is 29.6 Å². The van der Waals surface area contributed by atoms with Gasteiger partial charge in [-0.3, -0.25) is 0 Å². The molecule has 2 nitrogen and oxygen atoms in total. The smallest absolute Gasteiger partial charge is 0.134 e. The van der Waals surface area contributed by atoms with E-state index in [1.54, 1.807) is 18.4 Å². The maximum Gasteiger partial charge on any atom is 0.134 e. The van der Waals surface area contributed by atoms with Gasteiger partial charge in [-0.25, -0.2) is 0 Å². The van der Waals surface area contributed by atoms with E-state index >= 15 is 0 Å². The minimum Gasteiger partial charge on any atom is -0.496 e. The van der Waals surface area contributed by atoms with Crippen molar-refractivity contribution in [3.05, 3.63) is 50.1 Å². The number of benzene rings is 1. The SMILES string of the molecule is CCCNC(c1ccc(Cl)c(Cl)c1)c1sccc1OC. The molecular formula is C15H17Cl2NOS. The molecule has 1 unspecified atom stereocenters. The lowest BCUT2D eigenvalue weighted by Crippen LogP contribution is -2.22. The van der Waals surface area contributed by atoms with Gasteiger partial charge in [0.15, 0.2) is 0 Å². The van der Waals surface area contributed by atoms with Crippen LogP contribution in [0.25, 0.3) is 0 Å². The van der Waals surface area contributed by atoms with E-state index in [1.165, 1.54) is 0 Å². The molecule has 5 heteroatoms. The Morgan fingerprint density at radius 2 is 2.05 bits per heavy atom. The summed E-state index contributed by atoms with van der Waals surface area (Å²) in [5.41, 5.74) is 1.09. The molecule has 0 aliphatic rings. The molecule has 2 rings (SSSR count). The van der Waals surface area contributed by atoms with Crippen molar-refractivity contribution in [1.29, 1.82) is 0 Å². The Morgan fingerprint density at radius 3 is 2.70 bits per heavy atom. The third-order valence-electron chi connectivity index (χ3n) is 3.01. The normalized spacial score (nSPS) is 12.4. The van der Waals surface area contributed by atoms with Gasteiger partial charge in [0.1, 0.15) is 5.75 Å². The third kappa shape index (κ3) is 3.47. The first-order chi connectivity index (χ1) is 9.67. The van der Waals surface area contributed by atoms with Crippen molar-refractivity contribution in [2.75, 3.05) is 13.7 Å². The average molecular weight is 330 g/mol. The molecule has 0 amide bonds. The number of nitrogens with one attached hydrogen (secondary N) is 1. The number of rotatable bonds is 6. The van der Waals surface area contributed by atoms with Crippen molar-refractivity contribution < 1.29 is 4.74 Å². The van der Waals surface area contributed by atoms with Crippen LogP contribution in [0, 0.1) is 0 Å². The Morgan fingerprint density at radius 1 is 1.25 bits per heavy atom. The summed E-state index contributed by atoms with van der Waals surface area (Å²) in [6.07, 6.45) is 1.06. The number of methoxy groups -OCH3 is 1. The lowest BCUT2D eigenvalue weighted by atomic mass is 10.0. The van der Waals surface area contributed by atoms with Gasteiger partial charge in [-0.2, -0.15) is 0 Å². The van der Waals surface area contributed by atoms with Crippen LogP contribution in [0.1, 0.15) is 29.8 Å². The zero-order valence-corrected chi connectivity index (χ0v) is 13.8. The Balaban J connectivity index is 2.38. The molecule has 20 heavy (non-hydrogen) atoms. The van der Waals surface area contributed by atoms with E-state index < -0.39 is 0 Å². The fraction of sp³-hybridized carbons (Fsp3) is 0.333. The predicted octanol–water partition coefficient (Wildman–Crippen LogP) is 5.15. The van der Waals surface area contributed by atoms with Crippen molar-refractivity contribution in [1.82, 2.24) is 5.32 Å². The van der Waals surface area contributed by atoms with E-state index in [0.717, 1.165) is 29.2 Å². The second-order valence-corrected chi connectivity index (χ2v) is 6.18. The van der Waals surface area contributed by atoms with Crippen molar-refractivity contribution in [2.24, 2.45) is 0 Å². The molecule has 0 saturated carbocycles. The van der Waals surface area contributed by atoms with Crippen LogP contribution in [0.3, 0.4) is 0 Å². The molecule has 1 heterocycles. The van der Waals surface area contributed by atoms with E-state index in [9.17, 15) is 0 Å². The van der Waals surface area contributed by atoms with Gasteiger partial charge < -0.3 is 10.1 Å². The molecule has 108 valence electrons. The number of hydrogen-bond donors (Lipinski definition) is 1. The average Bonchev–Trinajstić information content (AvgIpc) is 2.91. The van der Waals surface area contributed by atoms with Gasteiger partial charge >= 0.3 is 0 Å². The van der Waals surface area contributed by atoms with Gasteiger partial charge in [0.2, 0.25) is 0 Å². The summed E-state index contributed by atoms with van der Waals surface area (Å²) in [6, 6.07) is 7.80. The molecule has 0 bridgehead atoms. The van der Waals surface area contributed by atoms with Gasteiger partial charge in [0, 0.05) is 0 Å². The second-order valence-electron chi connectivity index (χ2n) is 4.41. The van der Waals surface area contributed by atoms with E-state index in [-0.39, 0.29) is 6.04 Å². The van der Waals surface area contributed by atoms with E-state index in [1.807, 2.05) is 29.6 Å². The summed E-state index contributed by atoms with van der Waals surface area (Å²) < 4.78 is 5.43. The Kier molecular flexibility index (Phi) is 5.73. The van der Waals surface area contributed by atoms with Crippen LogP contribution in [-0.2, 0) is 0 Å². The first kappa shape index (κ1) is 15.6. The predicted molar refractivity (Wildman–Crippen MR) is 87.5 cm³/mol. The van der Waals surface area contributed by atoms with Crippen molar-refractivity contribution in [3.8, 4) is 5.75 Å². The highest BCUT2D eigenvalue weighted by Crippen LogP contribution is 2.36. The highest BCUT2D eigenvalue weighted by atomic mass is 35.5. The summed E-state index contributed by atoms with van der Waals surface area (Å²) in [4.78, 5) is 1.15. The van der Waals surface area contributed by atoms with Gasteiger partial charge in [0.05, 0.1) is 28.1 Å². The van der Waals surface area contributed by atoms with E-state index in [4.69, 9.17) is 27.9 Å². The molecule has 1 atom stereocenters. The number of ether oxygens (including phenoxy) is 1. The molecule has 0 fully saturated rings. The summed E-state index contributed by atoms with van der Waals surface area (Å²) in [6.45, 7) is 3.07. The maximum absolute atomic E-state index is 6.14. The quantitative estimate of drug-likeness (QED) is 0.790. The van der Waals surface area contributed by atoms with Gasteiger partial charge in [-0.1, -0.05) is 36.2 Å². The van der Waals surface area contributed by atoms with Crippen LogP contribution in [0.2, 0.25) is 10.0 Å². The first-order valence-electron chi connectivity index (χ1n) is 6.47.